The van der Waals surface area contributed by atoms with E-state index in [1.165, 1.54) is 34.3 Å². The number of ether oxygens (including phenoxy) is 4. The van der Waals surface area contributed by atoms with Crippen molar-refractivity contribution in [1.82, 2.24) is 0 Å². The second-order valence-electron chi connectivity index (χ2n) is 6.20. The maximum Gasteiger partial charge on any atom is 0.236 e. The molecule has 7 nitrogen and oxygen atoms in total. The highest BCUT2D eigenvalue weighted by atomic mass is 16.7. The first-order chi connectivity index (χ1) is 13.4. The van der Waals surface area contributed by atoms with Gasteiger partial charge in [-0.2, -0.15) is 0 Å². The highest BCUT2D eigenvalue weighted by Gasteiger charge is 2.37. The summed E-state index contributed by atoms with van der Waals surface area (Å²) in [4.78, 5) is 0. The second-order valence-corrected chi connectivity index (χ2v) is 6.20. The van der Waals surface area contributed by atoms with Gasteiger partial charge >= 0.3 is 0 Å². The number of methoxy groups -OCH3 is 3. The number of aliphatic hydroxyl groups is 2. The van der Waals surface area contributed by atoms with Gasteiger partial charge in [0.1, 0.15) is 6.10 Å². The van der Waals surface area contributed by atoms with Crippen LogP contribution in [0.4, 0.5) is 0 Å². The molecule has 0 radical (unpaired) electrons. The molecule has 0 spiro atoms. The van der Waals surface area contributed by atoms with Crippen LogP contribution in [0.25, 0.3) is 6.08 Å². The zero-order valence-electron chi connectivity index (χ0n) is 16.4. The van der Waals surface area contributed by atoms with Gasteiger partial charge in [0.05, 0.1) is 20.8 Å². The monoisotopic (exact) mass is 390 g/mol. The molecule has 0 unspecified atom stereocenters. The molecule has 0 bridgehead atoms. The Balaban J connectivity index is 2.33. The van der Waals surface area contributed by atoms with Crippen LogP contribution in [0.15, 0.2) is 42.5 Å². The molecule has 0 aromatic heterocycles. The van der Waals surface area contributed by atoms with Crippen molar-refractivity contribution in [3.05, 3.63) is 53.6 Å². The molecule has 2 rings (SSSR count). The summed E-state index contributed by atoms with van der Waals surface area (Å²) in [5, 5.41) is 29.7. The van der Waals surface area contributed by atoms with E-state index in [9.17, 15) is 10.2 Å². The lowest BCUT2D eigenvalue weighted by atomic mass is 10.0. The van der Waals surface area contributed by atoms with Gasteiger partial charge in [-0.15, -0.1) is 0 Å². The first-order valence-corrected chi connectivity index (χ1v) is 8.62. The molecule has 7 heteroatoms. The molecule has 2 aromatic rings. The summed E-state index contributed by atoms with van der Waals surface area (Å²) in [6.07, 6.45) is 2.47. The first kappa shape index (κ1) is 21.6. The van der Waals surface area contributed by atoms with Gasteiger partial charge in [0, 0.05) is 14.0 Å². The molecule has 0 aliphatic rings. The Bertz CT molecular complexity index is 814. The quantitative estimate of drug-likeness (QED) is 0.567. The number of phenols is 1. The fourth-order valence-electron chi connectivity index (χ4n) is 2.86. The molecule has 0 aliphatic carbocycles. The van der Waals surface area contributed by atoms with Crippen molar-refractivity contribution in [2.24, 2.45) is 0 Å². The summed E-state index contributed by atoms with van der Waals surface area (Å²) in [6.45, 7) is 1.40. The van der Waals surface area contributed by atoms with Crippen molar-refractivity contribution in [3.63, 3.8) is 0 Å². The van der Waals surface area contributed by atoms with E-state index < -0.39 is 11.9 Å². The van der Waals surface area contributed by atoms with Crippen LogP contribution in [0.5, 0.6) is 23.0 Å². The van der Waals surface area contributed by atoms with Gasteiger partial charge in [-0.05, 0) is 35.4 Å². The number of aliphatic hydroxyl groups excluding tert-OH is 1. The van der Waals surface area contributed by atoms with E-state index in [0.717, 1.165) is 5.56 Å². The van der Waals surface area contributed by atoms with Crippen LogP contribution in [0.1, 0.15) is 24.2 Å². The van der Waals surface area contributed by atoms with Crippen LogP contribution < -0.4 is 14.2 Å². The van der Waals surface area contributed by atoms with Crippen LogP contribution in [0.2, 0.25) is 0 Å². The van der Waals surface area contributed by atoms with Gasteiger partial charge in [0.25, 0.3) is 0 Å². The van der Waals surface area contributed by atoms with E-state index in [1.807, 2.05) is 0 Å². The molecule has 0 saturated carbocycles. The van der Waals surface area contributed by atoms with Crippen molar-refractivity contribution < 1.29 is 34.3 Å². The standard InChI is InChI=1S/C21H26O7/c1-21(24,20(27-4)15-8-9-16(23)18(13-15)25-2)28-17-10-7-14(6-5-11-22)12-19(17)26-3/h5-10,12-13,20,22-24H,11H2,1-4H3/b6-5+/t20-,21-/m1/s1. The number of hydrogen-bond acceptors (Lipinski definition) is 7. The zero-order chi connectivity index (χ0) is 20.7. The maximum absolute atomic E-state index is 11.0. The van der Waals surface area contributed by atoms with E-state index in [4.69, 9.17) is 24.1 Å². The molecular weight excluding hydrogens is 364 g/mol. The minimum Gasteiger partial charge on any atom is -0.504 e. The number of phenolic OH excluding ortho intramolecular Hbond substituents is 1. The maximum atomic E-state index is 11.0. The van der Waals surface area contributed by atoms with Crippen LogP contribution in [0.3, 0.4) is 0 Å². The fourth-order valence-corrected chi connectivity index (χ4v) is 2.86. The number of benzene rings is 2. The zero-order valence-corrected chi connectivity index (χ0v) is 16.4. The van der Waals surface area contributed by atoms with Gasteiger partial charge in [-0.1, -0.05) is 24.3 Å². The summed E-state index contributed by atoms with van der Waals surface area (Å²) in [6, 6.07) is 9.80. The number of aromatic hydroxyl groups is 1. The molecule has 2 atom stereocenters. The fraction of sp³-hybridized carbons (Fsp3) is 0.333. The summed E-state index contributed by atoms with van der Waals surface area (Å²) in [5.74, 6) is -0.783. The average Bonchev–Trinajstić information content (AvgIpc) is 2.68. The smallest absolute Gasteiger partial charge is 0.236 e. The average molecular weight is 390 g/mol. The Hall–Kier alpha value is -2.74. The van der Waals surface area contributed by atoms with E-state index in [2.05, 4.69) is 0 Å². The topological polar surface area (TPSA) is 97.6 Å². The highest BCUT2D eigenvalue weighted by Crippen LogP contribution is 2.38. The molecule has 0 amide bonds. The van der Waals surface area contributed by atoms with Crippen LogP contribution in [-0.4, -0.2) is 49.0 Å². The van der Waals surface area contributed by atoms with Crippen molar-refractivity contribution >= 4 is 6.08 Å². The Morgan fingerprint density at radius 2 is 1.71 bits per heavy atom. The van der Waals surface area contributed by atoms with Gasteiger partial charge in [-0.3, -0.25) is 0 Å². The van der Waals surface area contributed by atoms with Crippen molar-refractivity contribution in [1.29, 1.82) is 0 Å². The predicted molar refractivity (Wildman–Crippen MR) is 105 cm³/mol. The number of hydrogen-bond donors (Lipinski definition) is 3. The Morgan fingerprint density at radius 1 is 1.00 bits per heavy atom. The number of rotatable bonds is 9. The van der Waals surface area contributed by atoms with Gasteiger partial charge in [0.2, 0.25) is 5.79 Å². The lowest BCUT2D eigenvalue weighted by molar-refractivity contribution is -0.204. The minimum absolute atomic E-state index is 0.0187. The molecule has 0 heterocycles. The largest absolute Gasteiger partial charge is 0.504 e. The summed E-state index contributed by atoms with van der Waals surface area (Å²) < 4.78 is 21.8. The Morgan fingerprint density at radius 3 is 2.32 bits per heavy atom. The lowest BCUT2D eigenvalue weighted by Crippen LogP contribution is -2.40. The van der Waals surface area contributed by atoms with Crippen molar-refractivity contribution in [2.45, 2.75) is 18.8 Å². The van der Waals surface area contributed by atoms with E-state index >= 15 is 0 Å². The van der Waals surface area contributed by atoms with Crippen molar-refractivity contribution in [2.75, 3.05) is 27.9 Å². The van der Waals surface area contributed by atoms with E-state index in [1.54, 1.807) is 42.5 Å². The van der Waals surface area contributed by atoms with E-state index in [0.29, 0.717) is 17.1 Å². The highest BCUT2D eigenvalue weighted by molar-refractivity contribution is 5.56. The Kier molecular flexibility index (Phi) is 7.28. The third kappa shape index (κ3) is 4.95. The van der Waals surface area contributed by atoms with Crippen LogP contribution >= 0.6 is 0 Å². The molecule has 2 aromatic carbocycles. The molecule has 0 saturated heterocycles. The second kappa shape index (κ2) is 9.45. The lowest BCUT2D eigenvalue weighted by Gasteiger charge is -2.33. The van der Waals surface area contributed by atoms with Crippen LogP contribution in [0, 0.1) is 0 Å². The molecule has 28 heavy (non-hydrogen) atoms. The summed E-state index contributed by atoms with van der Waals surface area (Å²) in [5.41, 5.74) is 1.37. The third-order valence-corrected chi connectivity index (χ3v) is 4.15. The van der Waals surface area contributed by atoms with Crippen molar-refractivity contribution in [3.8, 4) is 23.0 Å². The van der Waals surface area contributed by atoms with Gasteiger partial charge < -0.3 is 34.3 Å². The first-order valence-electron chi connectivity index (χ1n) is 8.62. The van der Waals surface area contributed by atoms with Crippen LogP contribution in [-0.2, 0) is 4.74 Å². The Labute approximate surface area is 164 Å². The summed E-state index contributed by atoms with van der Waals surface area (Å²) >= 11 is 0. The molecule has 152 valence electrons. The third-order valence-electron chi connectivity index (χ3n) is 4.15. The molecule has 3 N–H and O–H groups in total. The predicted octanol–water partition coefficient (Wildman–Crippen LogP) is 2.89. The minimum atomic E-state index is -1.76. The molecule has 0 fully saturated rings. The SMILES string of the molecule is COc1cc([C@@H](OC)[C@](C)(O)Oc2ccc(/C=C/CO)cc2OC)ccc1O. The summed E-state index contributed by atoms with van der Waals surface area (Å²) in [7, 11) is 4.38. The molecule has 0 aliphatic heterocycles. The van der Waals surface area contributed by atoms with Gasteiger partial charge in [-0.25, -0.2) is 0 Å². The van der Waals surface area contributed by atoms with E-state index in [-0.39, 0.29) is 18.1 Å². The normalized spacial score (nSPS) is 14.5. The van der Waals surface area contributed by atoms with Gasteiger partial charge in [0.15, 0.2) is 23.0 Å². The molecular formula is C21H26O7.